The minimum Gasteiger partial charge on any atom is -0.508 e. The summed E-state index contributed by atoms with van der Waals surface area (Å²) in [6, 6.07) is -0.413. The Balaban J connectivity index is 3.42. The van der Waals surface area contributed by atoms with E-state index in [2.05, 4.69) is 0 Å². The number of nitrogens with one attached hydrogen (secondary N) is 1. The van der Waals surface area contributed by atoms with Crippen molar-refractivity contribution in [3.8, 4) is 5.75 Å². The first-order valence-corrected chi connectivity index (χ1v) is 2.95. The van der Waals surface area contributed by atoms with Crippen LogP contribution in [0.4, 0.5) is 5.69 Å². The molecule has 0 aliphatic heterocycles. The number of aromatic hydroxyl groups is 1. The second-order valence-electron chi connectivity index (χ2n) is 1.90. The van der Waals surface area contributed by atoms with Gasteiger partial charge in [0.15, 0.2) is 1.41 Å². The number of anilines is 1. The molecule has 0 saturated heterocycles. The molecule has 0 aromatic heterocycles. The van der Waals surface area contributed by atoms with Gasteiger partial charge in [-0.2, -0.15) is 0 Å². The minimum absolute atomic E-state index is 0.301. The predicted molar refractivity (Wildman–Crippen MR) is 42.4 cm³/mol. The molecule has 0 atom stereocenters. The number of hydrogen-bond acceptors (Lipinski definition) is 2. The third-order valence-corrected chi connectivity index (χ3v) is 0.924. The average molecular weight is 155 g/mol. The van der Waals surface area contributed by atoms with Gasteiger partial charge in [-0.25, -0.2) is 0 Å². The predicted octanol–water partition coefficient (Wildman–Crippen LogP) is 1.35. The second-order valence-corrected chi connectivity index (χ2v) is 1.90. The number of benzene rings is 1. The molecule has 0 unspecified atom stereocenters. The van der Waals surface area contributed by atoms with E-state index in [4.69, 9.17) is 10.6 Å². The van der Waals surface area contributed by atoms with Gasteiger partial charge in [0, 0.05) is 12.6 Å². The molecule has 1 aromatic carbocycles. The number of rotatable bonds is 1. The van der Waals surface area contributed by atoms with Crippen molar-refractivity contribution in [2.24, 2.45) is 0 Å². The summed E-state index contributed by atoms with van der Waals surface area (Å²) in [6.45, 7) is 1.11. The third-order valence-electron chi connectivity index (χ3n) is 0.924. The van der Waals surface area contributed by atoms with E-state index in [-0.39, 0.29) is 11.7 Å². The fourth-order valence-corrected chi connectivity index (χ4v) is 0.550. The summed E-state index contributed by atoms with van der Waals surface area (Å²) in [6.07, 6.45) is 0. The summed E-state index contributed by atoms with van der Waals surface area (Å²) in [5.41, 5.74) is -0.301. The van der Waals surface area contributed by atoms with Crippen LogP contribution in [0.25, 0.3) is 0 Å². The van der Waals surface area contributed by atoms with Crippen molar-refractivity contribution in [3.05, 3.63) is 24.2 Å². The maximum Gasteiger partial charge on any atom is 0.221 e. The third kappa shape index (κ3) is 2.29. The lowest BCUT2D eigenvalue weighted by molar-refractivity contribution is -0.114. The molecule has 0 radical (unpaired) electrons. The molecule has 1 rings (SSSR count). The highest BCUT2D eigenvalue weighted by molar-refractivity contribution is 5.88. The van der Waals surface area contributed by atoms with Gasteiger partial charge >= 0.3 is 0 Å². The largest absolute Gasteiger partial charge is 0.508 e. The summed E-state index contributed by atoms with van der Waals surface area (Å²) in [4.78, 5) is 10.9. The van der Waals surface area contributed by atoms with Crippen LogP contribution in [0.2, 0.25) is 1.41 Å². The first-order chi connectivity index (χ1) is 6.86. The van der Waals surface area contributed by atoms with Gasteiger partial charge in [0.05, 0.1) is 4.11 Å². The van der Waals surface area contributed by atoms with E-state index in [0.29, 0.717) is 5.31 Å². The first-order valence-electron chi connectivity index (χ1n) is 4.90. The molecule has 0 bridgehead atoms. The normalized spacial score (nSPS) is 14.3. The van der Waals surface area contributed by atoms with Crippen LogP contribution in [0.15, 0.2) is 24.2 Å². The molecule has 0 heterocycles. The fourth-order valence-electron chi connectivity index (χ4n) is 0.550. The topological polar surface area (TPSA) is 49.3 Å². The van der Waals surface area contributed by atoms with E-state index < -0.39 is 23.7 Å². The second kappa shape index (κ2) is 3.05. The van der Waals surface area contributed by atoms with Crippen molar-refractivity contribution in [1.29, 1.82) is 0 Å². The quantitative estimate of drug-likeness (QED) is 0.601. The molecule has 58 valence electrons. The highest BCUT2D eigenvalue weighted by atomic mass is 16.3. The van der Waals surface area contributed by atoms with Crippen LogP contribution in [-0.4, -0.2) is 11.0 Å². The summed E-state index contributed by atoms with van der Waals surface area (Å²) >= 11 is 0. The van der Waals surface area contributed by atoms with Gasteiger partial charge in [-0.1, -0.05) is 0 Å². The van der Waals surface area contributed by atoms with E-state index in [1.807, 2.05) is 0 Å². The summed E-state index contributed by atoms with van der Waals surface area (Å²) in [5, 5.41) is 9.50. The molecule has 2 N–H and O–H groups in total. The molecule has 0 aliphatic carbocycles. The molecule has 0 saturated carbocycles. The summed E-state index contributed by atoms with van der Waals surface area (Å²) in [7, 11) is 0. The van der Waals surface area contributed by atoms with Crippen LogP contribution < -0.4 is 5.31 Å². The molecule has 3 heteroatoms. The summed E-state index contributed by atoms with van der Waals surface area (Å²) < 4.78 is 29.4. The highest BCUT2D eigenvalue weighted by Gasteiger charge is 1.93. The van der Waals surface area contributed by atoms with Gasteiger partial charge in [0.1, 0.15) is 5.75 Å². The van der Waals surface area contributed by atoms with Gasteiger partial charge in [-0.15, -0.1) is 0 Å². The Kier molecular flexibility index (Phi) is 1.04. The van der Waals surface area contributed by atoms with Gasteiger partial charge in [-0.3, -0.25) is 4.79 Å². The Morgan fingerprint density at radius 3 is 3.09 bits per heavy atom. The Morgan fingerprint density at radius 2 is 2.45 bits per heavy atom. The maximum atomic E-state index is 10.9. The van der Waals surface area contributed by atoms with Gasteiger partial charge < -0.3 is 10.4 Å². The lowest BCUT2D eigenvalue weighted by Crippen LogP contribution is -2.04. The number of phenols is 1. The smallest absolute Gasteiger partial charge is 0.221 e. The lowest BCUT2D eigenvalue weighted by atomic mass is 10.3. The zero-order valence-corrected chi connectivity index (χ0v) is 5.88. The minimum atomic E-state index is -0.665. The molecular weight excluding hydrogens is 142 g/mol. The van der Waals surface area contributed by atoms with Crippen molar-refractivity contribution < 1.29 is 15.4 Å². The number of carbonyl (C=O) groups excluding carboxylic acids is 1. The molecule has 0 aliphatic rings. The number of hydrogen-bond donors (Lipinski definition) is 2. The monoisotopic (exact) mass is 155 g/mol. The van der Waals surface area contributed by atoms with Gasteiger partial charge in [0.25, 0.3) is 0 Å². The zero-order valence-electron chi connectivity index (χ0n) is 9.88. The zero-order chi connectivity index (χ0) is 11.7. The van der Waals surface area contributed by atoms with Crippen LogP contribution in [0.5, 0.6) is 5.75 Å². The SMILES string of the molecule is [2H]c1cc(O)c([2H])c([2H])c1N([2H])C(C)=O. The molecule has 11 heavy (non-hydrogen) atoms. The van der Waals surface area contributed by atoms with Gasteiger partial charge in [0.2, 0.25) is 5.91 Å². The summed E-state index contributed by atoms with van der Waals surface area (Å²) in [5.74, 6) is -1.17. The first kappa shape index (κ1) is 3.76. The number of phenolic OH excluding ortho intramolecular Hbond substituents is 1. The molecule has 3 nitrogen and oxygen atoms in total. The standard InChI is InChI=1S/C8H9NO2/c1-6(10)9-7-2-4-8(11)5-3-7/h2-5,11H,1H3,(H,9,10)/i2D,3D,4D/hD. The molecule has 1 amide bonds. The van der Waals surface area contributed by atoms with Crippen LogP contribution >= 0.6 is 0 Å². The van der Waals surface area contributed by atoms with E-state index in [1.165, 1.54) is 0 Å². The lowest BCUT2D eigenvalue weighted by Gasteiger charge is -1.99. The molecule has 0 fully saturated rings. The number of carbonyl (C=O) groups is 1. The Labute approximate surface area is 70.3 Å². The van der Waals surface area contributed by atoms with E-state index >= 15 is 0 Å². The van der Waals surface area contributed by atoms with Crippen molar-refractivity contribution >= 4 is 11.6 Å². The Bertz CT molecular complexity index is 422. The van der Waals surface area contributed by atoms with E-state index in [0.717, 1.165) is 13.0 Å². The van der Waals surface area contributed by atoms with Crippen molar-refractivity contribution in [2.45, 2.75) is 6.92 Å². The van der Waals surface area contributed by atoms with E-state index in [1.54, 1.807) is 0 Å². The highest BCUT2D eigenvalue weighted by Crippen LogP contribution is 2.13. The van der Waals surface area contributed by atoms with E-state index in [9.17, 15) is 4.79 Å². The number of amides is 1. The average Bonchev–Trinajstić information content (AvgIpc) is 2.14. The van der Waals surface area contributed by atoms with Crippen LogP contribution in [0.3, 0.4) is 0 Å². The van der Waals surface area contributed by atoms with Crippen molar-refractivity contribution in [3.63, 3.8) is 0 Å². The Hall–Kier alpha value is -1.51. The van der Waals surface area contributed by atoms with Crippen LogP contribution in [0, 0.1) is 0 Å². The van der Waals surface area contributed by atoms with Crippen LogP contribution in [-0.2, 0) is 4.79 Å². The fraction of sp³-hybridized carbons (Fsp3) is 0.125. The molecule has 1 aromatic rings. The van der Waals surface area contributed by atoms with Crippen LogP contribution in [0.1, 0.15) is 11.0 Å². The van der Waals surface area contributed by atoms with Gasteiger partial charge in [-0.05, 0) is 24.2 Å². The Morgan fingerprint density at radius 1 is 1.73 bits per heavy atom. The maximum absolute atomic E-state index is 10.9. The molecular formula is C8H9NO2. The van der Waals surface area contributed by atoms with Crippen molar-refractivity contribution in [1.82, 2.24) is 0 Å². The van der Waals surface area contributed by atoms with Crippen molar-refractivity contribution in [2.75, 3.05) is 5.31 Å². The molecule has 0 spiro atoms.